The minimum atomic E-state index is -0.865. The third kappa shape index (κ3) is 3.39. The van der Waals surface area contributed by atoms with Gasteiger partial charge in [0.05, 0.1) is 10.5 Å². The number of nitrogens with one attached hydrogen (secondary N) is 2. The molecule has 0 saturated heterocycles. The summed E-state index contributed by atoms with van der Waals surface area (Å²) in [6.07, 6.45) is -0.865. The fourth-order valence-corrected chi connectivity index (χ4v) is 3.21. The van der Waals surface area contributed by atoms with E-state index < -0.39 is 22.9 Å². The van der Waals surface area contributed by atoms with Crippen LogP contribution in [0.2, 0.25) is 0 Å². The van der Waals surface area contributed by atoms with Crippen LogP contribution in [0.4, 0.5) is 11.4 Å². The third-order valence-electron chi connectivity index (χ3n) is 4.72. The van der Waals surface area contributed by atoms with E-state index in [-0.39, 0.29) is 17.0 Å². The van der Waals surface area contributed by atoms with Crippen LogP contribution in [0.15, 0.2) is 72.8 Å². The quantitative estimate of drug-likeness (QED) is 0.453. The van der Waals surface area contributed by atoms with Gasteiger partial charge in [-0.25, -0.2) is 5.01 Å². The smallest absolute Gasteiger partial charge is 0.276 e. The maximum atomic E-state index is 13.1. The molecule has 3 aromatic carbocycles. The molecule has 30 heavy (non-hydrogen) atoms. The molecule has 150 valence electrons. The zero-order valence-electron chi connectivity index (χ0n) is 15.5. The van der Waals surface area contributed by atoms with Crippen molar-refractivity contribution >= 4 is 23.2 Å². The Balaban J connectivity index is 1.69. The number of amides is 2. The summed E-state index contributed by atoms with van der Waals surface area (Å²) in [6, 6.07) is 18.3. The Morgan fingerprint density at radius 1 is 1.03 bits per heavy atom. The molecule has 0 saturated carbocycles. The number of nitro groups is 1. The number of hydrazine groups is 1. The Kier molecular flexibility index (Phi) is 4.77. The van der Waals surface area contributed by atoms with Crippen molar-refractivity contribution in [1.82, 2.24) is 10.4 Å². The first-order chi connectivity index (χ1) is 14.5. The summed E-state index contributed by atoms with van der Waals surface area (Å²) < 4.78 is 0. The van der Waals surface area contributed by atoms with Gasteiger partial charge >= 0.3 is 0 Å². The van der Waals surface area contributed by atoms with Crippen LogP contribution in [0, 0.1) is 10.1 Å². The molecule has 0 fully saturated rings. The standard InChI is InChI=1S/C21H16N4O5/c26-18-8-4-2-6-16(18)19-22-17-7-3-1-5-15(17)21(28)24(19)23-20(27)13-9-11-14(12-10-13)25(29)30/h1-12,19,22,26H,(H,23,27)/t19-/m0/s1. The van der Waals surface area contributed by atoms with E-state index in [2.05, 4.69) is 10.7 Å². The summed E-state index contributed by atoms with van der Waals surface area (Å²) >= 11 is 0. The van der Waals surface area contributed by atoms with Gasteiger partial charge in [-0.1, -0.05) is 30.3 Å². The molecule has 0 unspecified atom stereocenters. The number of hydrogen-bond acceptors (Lipinski definition) is 6. The number of phenols is 1. The minimum Gasteiger partial charge on any atom is -0.508 e. The molecule has 0 spiro atoms. The summed E-state index contributed by atoms with van der Waals surface area (Å²) in [7, 11) is 0. The first-order valence-electron chi connectivity index (χ1n) is 8.98. The van der Waals surface area contributed by atoms with Gasteiger partial charge in [-0.15, -0.1) is 0 Å². The average Bonchev–Trinajstić information content (AvgIpc) is 2.76. The van der Waals surface area contributed by atoms with E-state index in [0.29, 0.717) is 16.8 Å². The van der Waals surface area contributed by atoms with Crippen LogP contribution >= 0.6 is 0 Å². The lowest BCUT2D eigenvalue weighted by Gasteiger charge is -2.37. The zero-order valence-corrected chi connectivity index (χ0v) is 15.5. The normalized spacial score (nSPS) is 15.1. The molecule has 2 amide bonds. The average molecular weight is 404 g/mol. The number of para-hydroxylation sites is 2. The van der Waals surface area contributed by atoms with E-state index in [0.717, 1.165) is 5.01 Å². The molecule has 1 atom stereocenters. The third-order valence-corrected chi connectivity index (χ3v) is 4.72. The highest BCUT2D eigenvalue weighted by Crippen LogP contribution is 2.35. The molecule has 9 heteroatoms. The van der Waals surface area contributed by atoms with E-state index in [1.807, 2.05) is 0 Å². The van der Waals surface area contributed by atoms with E-state index >= 15 is 0 Å². The molecular weight excluding hydrogens is 388 g/mol. The van der Waals surface area contributed by atoms with Crippen LogP contribution in [-0.2, 0) is 0 Å². The zero-order chi connectivity index (χ0) is 21.3. The van der Waals surface area contributed by atoms with E-state index in [4.69, 9.17) is 0 Å². The largest absolute Gasteiger partial charge is 0.508 e. The highest BCUT2D eigenvalue weighted by atomic mass is 16.6. The van der Waals surface area contributed by atoms with Gasteiger partial charge in [0, 0.05) is 28.9 Å². The molecule has 0 bridgehead atoms. The van der Waals surface area contributed by atoms with Crippen molar-refractivity contribution in [1.29, 1.82) is 0 Å². The fourth-order valence-electron chi connectivity index (χ4n) is 3.21. The second kappa shape index (κ2) is 7.55. The number of carbonyl (C=O) groups excluding carboxylic acids is 2. The summed E-state index contributed by atoms with van der Waals surface area (Å²) in [6.45, 7) is 0. The van der Waals surface area contributed by atoms with Gasteiger partial charge in [-0.05, 0) is 30.3 Å². The SMILES string of the molecule is O=C(NN1C(=O)c2ccccc2N[C@@H]1c1ccccc1O)c1ccc([N+](=O)[O-])cc1. The van der Waals surface area contributed by atoms with E-state index in [1.54, 1.807) is 42.5 Å². The Labute approximate surface area is 170 Å². The first-order valence-corrected chi connectivity index (χ1v) is 8.98. The van der Waals surface area contributed by atoms with Gasteiger partial charge < -0.3 is 10.4 Å². The fraction of sp³-hybridized carbons (Fsp3) is 0.0476. The van der Waals surface area contributed by atoms with Crippen molar-refractivity contribution in [2.24, 2.45) is 0 Å². The molecule has 1 aliphatic rings. The second-order valence-corrected chi connectivity index (χ2v) is 6.57. The maximum Gasteiger partial charge on any atom is 0.276 e. The number of hydrogen-bond donors (Lipinski definition) is 3. The van der Waals surface area contributed by atoms with Crippen molar-refractivity contribution in [3.63, 3.8) is 0 Å². The first kappa shape index (κ1) is 18.9. The summed E-state index contributed by atoms with van der Waals surface area (Å²) in [5.41, 5.74) is 3.86. The van der Waals surface area contributed by atoms with Crippen molar-refractivity contribution in [3.8, 4) is 5.75 Å². The van der Waals surface area contributed by atoms with Crippen molar-refractivity contribution < 1.29 is 19.6 Å². The molecule has 1 aliphatic heterocycles. The lowest BCUT2D eigenvalue weighted by molar-refractivity contribution is -0.384. The number of anilines is 1. The predicted octanol–water partition coefficient (Wildman–Crippen LogP) is 3.21. The molecule has 3 aromatic rings. The Bertz CT molecular complexity index is 1150. The van der Waals surface area contributed by atoms with Crippen molar-refractivity contribution in [2.45, 2.75) is 6.17 Å². The number of fused-ring (bicyclic) bond motifs is 1. The number of benzene rings is 3. The number of nitro benzene ring substituents is 1. The number of aromatic hydroxyl groups is 1. The monoisotopic (exact) mass is 404 g/mol. The highest BCUT2D eigenvalue weighted by Gasteiger charge is 2.35. The van der Waals surface area contributed by atoms with Crippen LogP contribution in [0.5, 0.6) is 5.75 Å². The van der Waals surface area contributed by atoms with E-state index in [1.165, 1.54) is 30.3 Å². The van der Waals surface area contributed by atoms with E-state index in [9.17, 15) is 24.8 Å². The van der Waals surface area contributed by atoms with Crippen LogP contribution in [0.3, 0.4) is 0 Å². The lowest BCUT2D eigenvalue weighted by Crippen LogP contribution is -2.52. The van der Waals surface area contributed by atoms with Crippen molar-refractivity contribution in [3.05, 3.63) is 99.6 Å². The van der Waals surface area contributed by atoms with Crippen LogP contribution in [0.1, 0.15) is 32.4 Å². The van der Waals surface area contributed by atoms with Gasteiger partial charge in [-0.2, -0.15) is 0 Å². The van der Waals surface area contributed by atoms with Crippen LogP contribution in [0.25, 0.3) is 0 Å². The Hall–Kier alpha value is -4.40. The van der Waals surface area contributed by atoms with Gasteiger partial charge in [0.25, 0.3) is 17.5 Å². The highest BCUT2D eigenvalue weighted by molar-refractivity contribution is 6.04. The minimum absolute atomic E-state index is 0.0447. The molecule has 4 rings (SSSR count). The van der Waals surface area contributed by atoms with Crippen molar-refractivity contribution in [2.75, 3.05) is 5.32 Å². The van der Waals surface area contributed by atoms with Gasteiger partial charge in [0.2, 0.25) is 0 Å². The number of nitrogens with zero attached hydrogens (tertiary/aromatic N) is 2. The van der Waals surface area contributed by atoms with Crippen LogP contribution < -0.4 is 10.7 Å². The number of carbonyl (C=O) groups is 2. The summed E-state index contributed by atoms with van der Waals surface area (Å²) in [5.74, 6) is -1.13. The van der Waals surface area contributed by atoms with Gasteiger partial charge in [0.1, 0.15) is 5.75 Å². The molecule has 1 heterocycles. The molecule has 0 aliphatic carbocycles. The van der Waals surface area contributed by atoms with Crippen LogP contribution in [-0.4, -0.2) is 26.9 Å². The molecule has 0 radical (unpaired) electrons. The summed E-state index contributed by atoms with van der Waals surface area (Å²) in [4.78, 5) is 36.1. The Morgan fingerprint density at radius 2 is 1.70 bits per heavy atom. The molecular formula is C21H16N4O5. The maximum absolute atomic E-state index is 13.1. The summed E-state index contributed by atoms with van der Waals surface area (Å²) in [5, 5.41) is 25.4. The number of phenolic OH excluding ortho intramolecular Hbond substituents is 1. The molecule has 9 nitrogen and oxygen atoms in total. The lowest BCUT2D eigenvalue weighted by atomic mass is 10.0. The predicted molar refractivity (Wildman–Crippen MR) is 108 cm³/mol. The number of rotatable bonds is 4. The van der Waals surface area contributed by atoms with Gasteiger partial charge in [-0.3, -0.25) is 25.1 Å². The van der Waals surface area contributed by atoms with Gasteiger partial charge in [0.15, 0.2) is 6.17 Å². The number of non-ortho nitro benzene ring substituents is 1. The Morgan fingerprint density at radius 3 is 2.40 bits per heavy atom. The topological polar surface area (TPSA) is 125 Å². The second-order valence-electron chi connectivity index (χ2n) is 6.57. The molecule has 3 N–H and O–H groups in total. The molecule has 0 aromatic heterocycles.